The summed E-state index contributed by atoms with van der Waals surface area (Å²) < 4.78 is 10.9. The summed E-state index contributed by atoms with van der Waals surface area (Å²) in [6.45, 7) is 9.06. The molecule has 0 aliphatic heterocycles. The van der Waals surface area contributed by atoms with Crippen molar-refractivity contribution < 1.29 is 18.7 Å². The molecule has 1 amide bonds. The molecule has 166 valence electrons. The van der Waals surface area contributed by atoms with Gasteiger partial charge >= 0.3 is 5.97 Å². The summed E-state index contributed by atoms with van der Waals surface area (Å²) in [6, 6.07) is 3.85. The Kier molecular flexibility index (Phi) is 7.94. The molecule has 1 N–H and O–H groups in total. The number of aromatic nitrogens is 2. The molecule has 0 atom stereocenters. The van der Waals surface area contributed by atoms with Gasteiger partial charge in [-0.1, -0.05) is 13.0 Å². The Labute approximate surface area is 189 Å². The fourth-order valence-electron chi connectivity index (χ4n) is 3.07. The van der Waals surface area contributed by atoms with Crippen LogP contribution in [0.3, 0.4) is 0 Å². The zero-order valence-corrected chi connectivity index (χ0v) is 19.7. The predicted molar refractivity (Wildman–Crippen MR) is 122 cm³/mol. The first-order chi connectivity index (χ1) is 14.9. The van der Waals surface area contributed by atoms with E-state index in [1.54, 1.807) is 6.92 Å². The molecule has 0 spiro atoms. The van der Waals surface area contributed by atoms with Crippen LogP contribution < -0.4 is 5.32 Å². The van der Waals surface area contributed by atoms with E-state index < -0.39 is 5.97 Å². The van der Waals surface area contributed by atoms with Gasteiger partial charge in [0, 0.05) is 4.88 Å². The molecule has 0 aliphatic carbocycles. The molecule has 31 heavy (non-hydrogen) atoms. The van der Waals surface area contributed by atoms with E-state index in [0.717, 1.165) is 21.7 Å². The molecule has 3 rings (SSSR count). The van der Waals surface area contributed by atoms with E-state index in [1.165, 1.54) is 22.7 Å². The number of nitrogens with one attached hydrogen (secondary N) is 1. The summed E-state index contributed by atoms with van der Waals surface area (Å²) in [5.74, 6) is 0.310. The third kappa shape index (κ3) is 5.78. The number of ether oxygens (including phenoxy) is 1. The zero-order valence-electron chi connectivity index (χ0n) is 18.1. The highest BCUT2D eigenvalue weighted by Gasteiger charge is 2.23. The van der Waals surface area contributed by atoms with Gasteiger partial charge in [-0.25, -0.2) is 4.79 Å². The number of amides is 1. The van der Waals surface area contributed by atoms with E-state index in [4.69, 9.17) is 9.15 Å². The first-order valence-electron chi connectivity index (χ1n) is 10.1. The van der Waals surface area contributed by atoms with Crippen molar-refractivity contribution in [1.29, 1.82) is 0 Å². The van der Waals surface area contributed by atoms with Crippen molar-refractivity contribution in [3.05, 3.63) is 39.4 Å². The summed E-state index contributed by atoms with van der Waals surface area (Å²) in [4.78, 5) is 28.9. The van der Waals surface area contributed by atoms with E-state index >= 15 is 0 Å². The fraction of sp³-hybridized carbons (Fsp3) is 0.429. The highest BCUT2D eigenvalue weighted by Crippen LogP contribution is 2.33. The first-order valence-corrected chi connectivity index (χ1v) is 11.8. The second-order valence-corrected chi connectivity index (χ2v) is 9.12. The topological polar surface area (TPSA) is 97.6 Å². The van der Waals surface area contributed by atoms with Gasteiger partial charge < -0.3 is 14.5 Å². The highest BCUT2D eigenvalue weighted by atomic mass is 32.1. The van der Waals surface area contributed by atoms with E-state index in [-0.39, 0.29) is 19.1 Å². The Bertz CT molecular complexity index is 1030. The second-order valence-electron chi connectivity index (χ2n) is 6.94. The minimum atomic E-state index is -0.419. The Balaban J connectivity index is 1.67. The van der Waals surface area contributed by atoms with Crippen molar-refractivity contribution in [2.45, 2.75) is 40.7 Å². The molecule has 3 aromatic heterocycles. The van der Waals surface area contributed by atoms with E-state index in [1.807, 2.05) is 43.2 Å². The van der Waals surface area contributed by atoms with Crippen LogP contribution in [0.4, 0.5) is 5.00 Å². The fourth-order valence-corrected chi connectivity index (χ4v) is 4.78. The average Bonchev–Trinajstić information content (AvgIpc) is 3.44. The second kappa shape index (κ2) is 10.7. The van der Waals surface area contributed by atoms with Crippen LogP contribution in [0.1, 0.15) is 47.0 Å². The van der Waals surface area contributed by atoms with Gasteiger partial charge in [-0.2, -0.15) is 0 Å². The molecule has 10 heteroatoms. The van der Waals surface area contributed by atoms with Crippen molar-refractivity contribution in [1.82, 2.24) is 15.1 Å². The SMILES string of the molecule is CCCN(CC(=O)Nc1sc(C)c(C)c1C(=O)OCC)Cc1nnc(-c2cccs2)o1. The Hall–Kier alpha value is -2.56. The summed E-state index contributed by atoms with van der Waals surface area (Å²) in [5, 5.41) is 13.6. The number of esters is 1. The maximum Gasteiger partial charge on any atom is 0.341 e. The van der Waals surface area contributed by atoms with E-state index in [9.17, 15) is 9.59 Å². The third-order valence-corrected chi connectivity index (χ3v) is 6.56. The van der Waals surface area contributed by atoms with Crippen LogP contribution in [0.25, 0.3) is 10.8 Å². The number of anilines is 1. The van der Waals surface area contributed by atoms with Crippen LogP contribution in [-0.4, -0.2) is 46.7 Å². The number of nitrogens with zero attached hydrogens (tertiary/aromatic N) is 3. The summed E-state index contributed by atoms with van der Waals surface area (Å²) in [7, 11) is 0. The summed E-state index contributed by atoms with van der Waals surface area (Å²) in [6.07, 6.45) is 0.866. The number of hydrogen-bond acceptors (Lipinski definition) is 9. The number of carbonyl (C=O) groups excluding carboxylic acids is 2. The highest BCUT2D eigenvalue weighted by molar-refractivity contribution is 7.16. The van der Waals surface area contributed by atoms with Crippen molar-refractivity contribution in [3.63, 3.8) is 0 Å². The lowest BCUT2D eigenvalue weighted by Crippen LogP contribution is -2.33. The maximum absolute atomic E-state index is 12.8. The van der Waals surface area contributed by atoms with Gasteiger partial charge in [-0.05, 0) is 50.7 Å². The molecule has 0 unspecified atom stereocenters. The quantitative estimate of drug-likeness (QED) is 0.443. The molecule has 3 heterocycles. The molecule has 0 aliphatic rings. The number of aryl methyl sites for hydroxylation is 1. The lowest BCUT2D eigenvalue weighted by Gasteiger charge is -2.19. The van der Waals surface area contributed by atoms with Crippen molar-refractivity contribution in [2.24, 2.45) is 0 Å². The third-order valence-electron chi connectivity index (χ3n) is 4.58. The Morgan fingerprint density at radius 3 is 2.74 bits per heavy atom. The number of rotatable bonds is 10. The smallest absolute Gasteiger partial charge is 0.341 e. The van der Waals surface area contributed by atoms with Crippen LogP contribution in [-0.2, 0) is 16.1 Å². The van der Waals surface area contributed by atoms with Gasteiger partial charge in [0.05, 0.1) is 30.1 Å². The standard InChI is InChI=1S/C21H26N4O4S2/c1-5-9-25(12-17-23-24-19(29-17)15-8-7-10-30-15)11-16(26)22-20-18(21(27)28-6-2)13(3)14(4)31-20/h7-8,10H,5-6,9,11-12H2,1-4H3,(H,22,26). The maximum atomic E-state index is 12.8. The zero-order chi connectivity index (χ0) is 22.4. The van der Waals surface area contributed by atoms with Gasteiger partial charge in [-0.3, -0.25) is 9.69 Å². The van der Waals surface area contributed by atoms with E-state index in [2.05, 4.69) is 15.5 Å². The van der Waals surface area contributed by atoms with E-state index in [0.29, 0.717) is 35.4 Å². The summed E-state index contributed by atoms with van der Waals surface area (Å²) in [5.41, 5.74) is 1.26. The van der Waals surface area contributed by atoms with Crippen molar-refractivity contribution in [2.75, 3.05) is 25.0 Å². The average molecular weight is 463 g/mol. The van der Waals surface area contributed by atoms with Crippen LogP contribution in [0, 0.1) is 13.8 Å². The van der Waals surface area contributed by atoms with Crippen molar-refractivity contribution in [3.8, 4) is 10.8 Å². The predicted octanol–water partition coefficient (Wildman–Crippen LogP) is 4.50. The van der Waals surface area contributed by atoms with Crippen LogP contribution in [0.2, 0.25) is 0 Å². The van der Waals surface area contributed by atoms with Gasteiger partial charge in [0.2, 0.25) is 11.8 Å². The molecule has 0 saturated carbocycles. The van der Waals surface area contributed by atoms with Gasteiger partial charge in [-0.15, -0.1) is 32.9 Å². The molecule has 0 saturated heterocycles. The number of hydrogen-bond donors (Lipinski definition) is 1. The van der Waals surface area contributed by atoms with Gasteiger partial charge in [0.25, 0.3) is 5.89 Å². The molecular formula is C21H26N4O4S2. The molecule has 0 fully saturated rings. The Morgan fingerprint density at radius 2 is 2.06 bits per heavy atom. The molecule has 8 nitrogen and oxygen atoms in total. The Morgan fingerprint density at radius 1 is 1.26 bits per heavy atom. The normalized spacial score (nSPS) is 11.1. The van der Waals surface area contributed by atoms with Crippen LogP contribution in [0.15, 0.2) is 21.9 Å². The number of thiophene rings is 2. The molecule has 3 aromatic rings. The van der Waals surface area contributed by atoms with Gasteiger partial charge in [0.1, 0.15) is 5.00 Å². The first kappa shape index (κ1) is 23.1. The monoisotopic (exact) mass is 462 g/mol. The molecule has 0 radical (unpaired) electrons. The van der Waals surface area contributed by atoms with Crippen LogP contribution >= 0.6 is 22.7 Å². The minimum Gasteiger partial charge on any atom is -0.462 e. The molecular weight excluding hydrogens is 436 g/mol. The van der Waals surface area contributed by atoms with Crippen molar-refractivity contribution >= 4 is 39.6 Å². The molecule has 0 bridgehead atoms. The minimum absolute atomic E-state index is 0.142. The number of carbonyl (C=O) groups is 2. The lowest BCUT2D eigenvalue weighted by molar-refractivity contribution is -0.117. The van der Waals surface area contributed by atoms with Gasteiger partial charge in [0.15, 0.2) is 0 Å². The lowest BCUT2D eigenvalue weighted by atomic mass is 10.1. The largest absolute Gasteiger partial charge is 0.462 e. The summed E-state index contributed by atoms with van der Waals surface area (Å²) >= 11 is 2.91. The molecule has 0 aromatic carbocycles. The van der Waals surface area contributed by atoms with Crippen LogP contribution in [0.5, 0.6) is 0 Å².